The molecule has 0 saturated carbocycles. The van der Waals surface area contributed by atoms with Gasteiger partial charge in [0.15, 0.2) is 0 Å². The topological polar surface area (TPSA) is 84.3 Å². The highest BCUT2D eigenvalue weighted by Crippen LogP contribution is 2.27. The first kappa shape index (κ1) is 22.8. The Morgan fingerprint density at radius 3 is 2.53 bits per heavy atom. The fourth-order valence-corrected chi connectivity index (χ4v) is 6.24. The summed E-state index contributed by atoms with van der Waals surface area (Å²) in [6.07, 6.45) is 6.48. The second kappa shape index (κ2) is 9.35. The van der Waals surface area contributed by atoms with Crippen LogP contribution < -0.4 is 5.32 Å². The van der Waals surface area contributed by atoms with Gasteiger partial charge in [0.1, 0.15) is 5.82 Å². The Morgan fingerprint density at radius 1 is 1.03 bits per heavy atom. The molecule has 1 saturated heterocycles. The van der Waals surface area contributed by atoms with Crippen LogP contribution in [0.2, 0.25) is 0 Å². The maximum Gasteiger partial charge on any atom is 0.243 e. The lowest BCUT2D eigenvalue weighted by Crippen LogP contribution is -2.41. The Balaban J connectivity index is 1.22. The molecule has 1 N–H and O–H groups in total. The minimum absolute atomic E-state index is 0.0614. The van der Waals surface area contributed by atoms with Crippen LogP contribution in [0.25, 0.3) is 11.3 Å². The van der Waals surface area contributed by atoms with Gasteiger partial charge in [-0.05, 0) is 56.9 Å². The number of rotatable bonds is 5. The summed E-state index contributed by atoms with van der Waals surface area (Å²) in [7, 11) is -3.53. The largest absolute Gasteiger partial charge is 0.334 e. The summed E-state index contributed by atoms with van der Waals surface area (Å²) >= 11 is 0. The molecule has 1 amide bonds. The standard InChI is InChI=1S/C26H30N4O3S/c1-19-8-10-23(11-9-19)34(32,33)30-15-12-20(13-16-30)26(31)27-22-6-4-5-21(17-22)24-18-29-14-3-2-7-25(29)28-24/h4-6,8-11,17-18,20H,2-3,7,12-16H2,1H3,(H,27,31). The zero-order valence-corrected chi connectivity index (χ0v) is 20.2. The van der Waals surface area contributed by atoms with Crippen LogP contribution in [-0.2, 0) is 27.8 Å². The smallest absolute Gasteiger partial charge is 0.243 e. The van der Waals surface area contributed by atoms with Gasteiger partial charge in [-0.25, -0.2) is 13.4 Å². The van der Waals surface area contributed by atoms with Crippen molar-refractivity contribution in [3.63, 3.8) is 0 Å². The van der Waals surface area contributed by atoms with Gasteiger partial charge in [-0.1, -0.05) is 29.8 Å². The van der Waals surface area contributed by atoms with Gasteiger partial charge >= 0.3 is 0 Å². The zero-order chi connectivity index (χ0) is 23.7. The number of hydrogen-bond acceptors (Lipinski definition) is 4. The Bertz CT molecular complexity index is 1270. The lowest BCUT2D eigenvalue weighted by Gasteiger charge is -2.30. The number of aryl methyl sites for hydroxylation is 3. The zero-order valence-electron chi connectivity index (χ0n) is 19.4. The highest BCUT2D eigenvalue weighted by Gasteiger charge is 2.32. The van der Waals surface area contributed by atoms with Crippen molar-refractivity contribution in [3.8, 4) is 11.3 Å². The lowest BCUT2D eigenvalue weighted by atomic mass is 9.97. The van der Waals surface area contributed by atoms with Crippen molar-refractivity contribution in [1.29, 1.82) is 0 Å². The van der Waals surface area contributed by atoms with Gasteiger partial charge in [-0.15, -0.1) is 0 Å². The van der Waals surface area contributed by atoms with Crippen molar-refractivity contribution in [2.75, 3.05) is 18.4 Å². The second-order valence-corrected chi connectivity index (χ2v) is 11.2. The predicted molar refractivity (Wildman–Crippen MR) is 132 cm³/mol. The number of piperidine rings is 1. The average Bonchev–Trinajstić information content (AvgIpc) is 3.29. The second-order valence-electron chi connectivity index (χ2n) is 9.25. The summed E-state index contributed by atoms with van der Waals surface area (Å²) in [5.41, 5.74) is 3.68. The van der Waals surface area contributed by atoms with Crippen molar-refractivity contribution >= 4 is 21.6 Å². The molecule has 0 radical (unpaired) electrons. The van der Waals surface area contributed by atoms with Gasteiger partial charge in [-0.2, -0.15) is 4.31 Å². The molecule has 0 aliphatic carbocycles. The first-order valence-electron chi connectivity index (χ1n) is 11.9. The fourth-order valence-electron chi connectivity index (χ4n) is 4.77. The van der Waals surface area contributed by atoms with Crippen molar-refractivity contribution in [2.24, 2.45) is 5.92 Å². The molecule has 0 unspecified atom stereocenters. The molecule has 8 heteroatoms. The normalized spacial score (nSPS) is 17.3. The molecule has 2 aliphatic heterocycles. The van der Waals surface area contributed by atoms with E-state index in [4.69, 9.17) is 4.98 Å². The number of amides is 1. The van der Waals surface area contributed by atoms with E-state index in [2.05, 4.69) is 16.1 Å². The van der Waals surface area contributed by atoms with Gasteiger partial charge in [0.05, 0.1) is 10.6 Å². The number of imidazole rings is 1. The van der Waals surface area contributed by atoms with E-state index in [-0.39, 0.29) is 11.8 Å². The maximum atomic E-state index is 12.9. The number of sulfonamides is 1. The third-order valence-corrected chi connectivity index (χ3v) is 8.73. The molecule has 34 heavy (non-hydrogen) atoms. The van der Waals surface area contributed by atoms with Crippen LogP contribution in [0.1, 0.15) is 37.1 Å². The summed E-state index contributed by atoms with van der Waals surface area (Å²) in [6, 6.07) is 14.7. The molecule has 7 nitrogen and oxygen atoms in total. The number of aromatic nitrogens is 2. The van der Waals surface area contributed by atoms with Crippen LogP contribution in [-0.4, -0.2) is 41.3 Å². The minimum atomic E-state index is -3.53. The molecule has 178 valence electrons. The van der Waals surface area contributed by atoms with Crippen LogP contribution in [0.5, 0.6) is 0 Å². The summed E-state index contributed by atoms with van der Waals surface area (Å²) in [5.74, 6) is 0.852. The molecule has 0 spiro atoms. The molecule has 0 atom stereocenters. The van der Waals surface area contributed by atoms with Crippen LogP contribution >= 0.6 is 0 Å². The summed E-state index contributed by atoms with van der Waals surface area (Å²) in [4.78, 5) is 18.0. The van der Waals surface area contributed by atoms with E-state index in [9.17, 15) is 13.2 Å². The molecule has 2 aromatic carbocycles. The summed E-state index contributed by atoms with van der Waals surface area (Å²) in [6.45, 7) is 3.62. The Hall–Kier alpha value is -2.97. The molecular weight excluding hydrogens is 448 g/mol. The van der Waals surface area contributed by atoms with Crippen molar-refractivity contribution in [2.45, 2.75) is 50.5 Å². The molecule has 2 aliphatic rings. The Morgan fingerprint density at radius 2 is 1.79 bits per heavy atom. The maximum absolute atomic E-state index is 12.9. The summed E-state index contributed by atoms with van der Waals surface area (Å²) in [5, 5.41) is 3.03. The van der Waals surface area contributed by atoms with Gasteiger partial charge in [0.25, 0.3) is 0 Å². The third kappa shape index (κ3) is 4.65. The molecule has 0 bridgehead atoms. The average molecular weight is 479 g/mol. The van der Waals surface area contributed by atoms with Gasteiger partial charge in [0.2, 0.25) is 15.9 Å². The predicted octanol–water partition coefficient (Wildman–Crippen LogP) is 4.23. The number of anilines is 1. The molecule has 3 heterocycles. The van der Waals surface area contributed by atoms with E-state index in [1.54, 1.807) is 24.3 Å². The van der Waals surface area contributed by atoms with Crippen molar-refractivity contribution in [1.82, 2.24) is 13.9 Å². The Kier molecular flexibility index (Phi) is 6.27. The highest BCUT2D eigenvalue weighted by atomic mass is 32.2. The number of hydrogen-bond donors (Lipinski definition) is 1. The van der Waals surface area contributed by atoms with E-state index in [0.717, 1.165) is 41.3 Å². The quantitative estimate of drug-likeness (QED) is 0.595. The van der Waals surface area contributed by atoms with E-state index in [0.29, 0.717) is 30.8 Å². The Labute approximate surface area is 200 Å². The number of nitrogens with one attached hydrogen (secondary N) is 1. The molecule has 3 aromatic rings. The lowest BCUT2D eigenvalue weighted by molar-refractivity contribution is -0.120. The fraction of sp³-hybridized carbons (Fsp3) is 0.385. The third-order valence-electron chi connectivity index (χ3n) is 6.82. The molecule has 1 aromatic heterocycles. The van der Waals surface area contributed by atoms with Gasteiger partial charge in [0, 0.05) is 49.4 Å². The minimum Gasteiger partial charge on any atom is -0.334 e. The van der Waals surface area contributed by atoms with Crippen LogP contribution in [0.4, 0.5) is 5.69 Å². The van der Waals surface area contributed by atoms with Crippen LogP contribution in [0.3, 0.4) is 0 Å². The molecule has 5 rings (SSSR count). The van der Waals surface area contributed by atoms with Crippen molar-refractivity contribution in [3.05, 3.63) is 66.1 Å². The van der Waals surface area contributed by atoms with Crippen molar-refractivity contribution < 1.29 is 13.2 Å². The van der Waals surface area contributed by atoms with Gasteiger partial charge < -0.3 is 9.88 Å². The van der Waals surface area contributed by atoms with Crippen LogP contribution in [0.15, 0.2) is 59.6 Å². The number of carbonyl (C=O) groups excluding carboxylic acids is 1. The van der Waals surface area contributed by atoms with E-state index in [1.165, 1.54) is 17.1 Å². The molecular formula is C26H30N4O3S. The van der Waals surface area contributed by atoms with E-state index in [1.807, 2.05) is 31.2 Å². The van der Waals surface area contributed by atoms with E-state index < -0.39 is 10.0 Å². The van der Waals surface area contributed by atoms with E-state index >= 15 is 0 Å². The SMILES string of the molecule is Cc1ccc(S(=O)(=O)N2CCC(C(=O)Nc3cccc(-c4cn5c(n4)CCCC5)c3)CC2)cc1. The molecule has 1 fully saturated rings. The summed E-state index contributed by atoms with van der Waals surface area (Å²) < 4.78 is 29.6. The van der Waals surface area contributed by atoms with Gasteiger partial charge in [-0.3, -0.25) is 4.79 Å². The number of carbonyl (C=O) groups is 1. The number of benzene rings is 2. The first-order valence-corrected chi connectivity index (χ1v) is 13.4. The number of nitrogens with zero attached hydrogens (tertiary/aromatic N) is 3. The first-order chi connectivity index (χ1) is 16.4. The number of fused-ring (bicyclic) bond motifs is 1. The monoisotopic (exact) mass is 478 g/mol. The highest BCUT2D eigenvalue weighted by molar-refractivity contribution is 7.89. The van der Waals surface area contributed by atoms with Crippen LogP contribution in [0, 0.1) is 12.8 Å².